The minimum Gasteiger partial charge on any atom is -0.458 e. The van der Waals surface area contributed by atoms with Crippen molar-refractivity contribution in [3.8, 4) is 0 Å². The van der Waals surface area contributed by atoms with Crippen LogP contribution in [0, 0.1) is 5.41 Å². The van der Waals surface area contributed by atoms with Crippen LogP contribution in [0.1, 0.15) is 58.8 Å². The van der Waals surface area contributed by atoms with Gasteiger partial charge in [0.1, 0.15) is 11.3 Å². The summed E-state index contributed by atoms with van der Waals surface area (Å²) < 4.78 is 7.14. The van der Waals surface area contributed by atoms with E-state index < -0.39 is 0 Å². The van der Waals surface area contributed by atoms with Gasteiger partial charge < -0.3 is 9.73 Å². The van der Waals surface area contributed by atoms with E-state index in [4.69, 9.17) is 4.42 Å². The summed E-state index contributed by atoms with van der Waals surface area (Å²) in [6, 6.07) is 8.65. The summed E-state index contributed by atoms with van der Waals surface area (Å²) in [6.07, 6.45) is 3.41. The Hall–Kier alpha value is -0.800. The van der Waals surface area contributed by atoms with E-state index in [9.17, 15) is 0 Å². The summed E-state index contributed by atoms with van der Waals surface area (Å²) in [5.74, 6) is 1.05. The number of halogens is 1. The van der Waals surface area contributed by atoms with E-state index >= 15 is 0 Å². The van der Waals surface area contributed by atoms with Gasteiger partial charge in [-0.3, -0.25) is 0 Å². The molecule has 0 saturated carbocycles. The van der Waals surface area contributed by atoms with Gasteiger partial charge in [-0.15, -0.1) is 0 Å². The summed E-state index contributed by atoms with van der Waals surface area (Å²) in [6.45, 7) is 10.1. The first-order valence-electron chi connectivity index (χ1n) is 7.82. The van der Waals surface area contributed by atoms with Crippen LogP contribution >= 0.6 is 15.9 Å². The molecule has 116 valence electrons. The van der Waals surface area contributed by atoms with E-state index in [2.05, 4.69) is 67.1 Å². The summed E-state index contributed by atoms with van der Waals surface area (Å²) >= 11 is 3.57. The fraction of sp³-hybridized carbons (Fsp3) is 0.556. The van der Waals surface area contributed by atoms with Gasteiger partial charge in [0.05, 0.1) is 10.5 Å². The van der Waals surface area contributed by atoms with Crippen molar-refractivity contribution in [2.24, 2.45) is 5.41 Å². The van der Waals surface area contributed by atoms with Gasteiger partial charge in [0.25, 0.3) is 0 Å². The normalized spacial score (nSPS) is 13.8. The molecular formula is C18H26BrNO. The number of hydrogen-bond acceptors (Lipinski definition) is 2. The average Bonchev–Trinajstić information content (AvgIpc) is 2.83. The van der Waals surface area contributed by atoms with Crippen molar-refractivity contribution < 1.29 is 4.42 Å². The Morgan fingerprint density at radius 3 is 2.67 bits per heavy atom. The van der Waals surface area contributed by atoms with Gasteiger partial charge in [-0.1, -0.05) is 39.8 Å². The fourth-order valence-electron chi connectivity index (χ4n) is 2.46. The zero-order valence-electron chi connectivity index (χ0n) is 13.5. The number of fused-ring (bicyclic) bond motifs is 1. The molecule has 1 unspecified atom stereocenters. The molecule has 0 spiro atoms. The zero-order valence-corrected chi connectivity index (χ0v) is 15.1. The Kier molecular flexibility index (Phi) is 5.50. The summed E-state index contributed by atoms with van der Waals surface area (Å²) in [7, 11) is 0. The van der Waals surface area contributed by atoms with Crippen molar-refractivity contribution in [1.29, 1.82) is 0 Å². The molecule has 0 aliphatic rings. The lowest BCUT2D eigenvalue weighted by Crippen LogP contribution is -2.23. The molecule has 0 aliphatic carbocycles. The molecule has 0 saturated heterocycles. The molecule has 0 aliphatic heterocycles. The van der Waals surface area contributed by atoms with E-state index in [1.165, 1.54) is 11.8 Å². The van der Waals surface area contributed by atoms with Gasteiger partial charge in [0, 0.05) is 5.39 Å². The Bertz CT molecular complexity index is 582. The van der Waals surface area contributed by atoms with Crippen molar-refractivity contribution in [3.05, 3.63) is 34.5 Å². The second-order valence-corrected chi connectivity index (χ2v) is 7.77. The van der Waals surface area contributed by atoms with Crippen molar-refractivity contribution in [2.45, 2.75) is 53.0 Å². The summed E-state index contributed by atoms with van der Waals surface area (Å²) in [4.78, 5) is 0. The van der Waals surface area contributed by atoms with Gasteiger partial charge in [-0.2, -0.15) is 0 Å². The SMILES string of the molecule is CCCNC(CCC(C)(C)C)c1cc2cccc(Br)c2o1. The topological polar surface area (TPSA) is 25.2 Å². The predicted octanol–water partition coefficient (Wildman–Crippen LogP) is 6.06. The maximum absolute atomic E-state index is 6.11. The fourth-order valence-corrected chi connectivity index (χ4v) is 2.92. The Balaban J connectivity index is 2.23. The molecule has 0 amide bonds. The van der Waals surface area contributed by atoms with Crippen LogP contribution in [-0.4, -0.2) is 6.54 Å². The second-order valence-electron chi connectivity index (χ2n) is 6.91. The molecule has 2 aromatic rings. The van der Waals surface area contributed by atoms with E-state index in [0.29, 0.717) is 11.5 Å². The first-order chi connectivity index (χ1) is 9.90. The van der Waals surface area contributed by atoms with Crippen LogP contribution in [-0.2, 0) is 0 Å². The highest BCUT2D eigenvalue weighted by atomic mass is 79.9. The van der Waals surface area contributed by atoms with E-state index in [1.807, 2.05) is 6.07 Å². The third-order valence-electron chi connectivity index (χ3n) is 3.68. The van der Waals surface area contributed by atoms with Crippen molar-refractivity contribution in [3.63, 3.8) is 0 Å². The molecule has 1 atom stereocenters. The number of nitrogens with one attached hydrogen (secondary N) is 1. The number of furan rings is 1. The Morgan fingerprint density at radius 1 is 1.29 bits per heavy atom. The zero-order chi connectivity index (χ0) is 15.5. The summed E-state index contributed by atoms with van der Waals surface area (Å²) in [5.41, 5.74) is 1.30. The first kappa shape index (κ1) is 16.6. The van der Waals surface area contributed by atoms with Crippen LogP contribution in [0.3, 0.4) is 0 Å². The predicted molar refractivity (Wildman–Crippen MR) is 93.6 cm³/mol. The van der Waals surface area contributed by atoms with Gasteiger partial charge >= 0.3 is 0 Å². The van der Waals surface area contributed by atoms with Crippen molar-refractivity contribution in [1.82, 2.24) is 5.32 Å². The molecule has 2 rings (SSSR count). The molecule has 1 aromatic heterocycles. The molecular weight excluding hydrogens is 326 g/mol. The van der Waals surface area contributed by atoms with E-state index in [-0.39, 0.29) is 0 Å². The van der Waals surface area contributed by atoms with Crippen LogP contribution in [0.4, 0.5) is 0 Å². The number of benzene rings is 1. The quantitative estimate of drug-likeness (QED) is 0.683. The maximum atomic E-state index is 6.11. The molecule has 1 aromatic carbocycles. The Labute approximate surface area is 136 Å². The Morgan fingerprint density at radius 2 is 2.05 bits per heavy atom. The average molecular weight is 352 g/mol. The number of para-hydroxylation sites is 1. The van der Waals surface area contributed by atoms with Crippen LogP contribution in [0.2, 0.25) is 0 Å². The van der Waals surface area contributed by atoms with Crippen molar-refractivity contribution in [2.75, 3.05) is 6.54 Å². The third-order valence-corrected chi connectivity index (χ3v) is 4.31. The van der Waals surface area contributed by atoms with Crippen molar-refractivity contribution >= 4 is 26.9 Å². The first-order valence-corrected chi connectivity index (χ1v) is 8.61. The lowest BCUT2D eigenvalue weighted by atomic mass is 9.88. The molecule has 2 nitrogen and oxygen atoms in total. The van der Waals surface area contributed by atoms with Crippen LogP contribution in [0.5, 0.6) is 0 Å². The molecule has 21 heavy (non-hydrogen) atoms. The lowest BCUT2D eigenvalue weighted by Gasteiger charge is -2.22. The smallest absolute Gasteiger partial charge is 0.148 e. The highest BCUT2D eigenvalue weighted by Gasteiger charge is 2.20. The third kappa shape index (κ3) is 4.58. The number of hydrogen-bond donors (Lipinski definition) is 1. The van der Waals surface area contributed by atoms with Gasteiger partial charge in [0.2, 0.25) is 0 Å². The second kappa shape index (κ2) is 6.97. The summed E-state index contributed by atoms with van der Waals surface area (Å²) in [5, 5.41) is 4.79. The molecule has 0 bridgehead atoms. The largest absolute Gasteiger partial charge is 0.458 e. The van der Waals surface area contributed by atoms with Gasteiger partial charge in [0.15, 0.2) is 0 Å². The number of rotatable bonds is 6. The van der Waals surface area contributed by atoms with Crippen LogP contribution in [0.25, 0.3) is 11.0 Å². The van der Waals surface area contributed by atoms with E-state index in [0.717, 1.165) is 35.2 Å². The minimum absolute atomic E-state index is 0.295. The highest BCUT2D eigenvalue weighted by molar-refractivity contribution is 9.10. The minimum atomic E-state index is 0.295. The van der Waals surface area contributed by atoms with Gasteiger partial charge in [-0.05, 0) is 59.3 Å². The highest BCUT2D eigenvalue weighted by Crippen LogP contribution is 2.33. The molecule has 1 N–H and O–H groups in total. The molecule has 0 fully saturated rings. The van der Waals surface area contributed by atoms with Gasteiger partial charge in [-0.25, -0.2) is 0 Å². The lowest BCUT2D eigenvalue weighted by molar-refractivity contribution is 0.314. The molecule has 1 heterocycles. The molecule has 0 radical (unpaired) electrons. The monoisotopic (exact) mass is 351 g/mol. The molecule has 3 heteroatoms. The maximum Gasteiger partial charge on any atom is 0.148 e. The van der Waals surface area contributed by atoms with E-state index in [1.54, 1.807) is 0 Å². The van der Waals surface area contributed by atoms with Crippen LogP contribution < -0.4 is 5.32 Å². The standard InChI is InChI=1S/C18H26BrNO/c1-5-11-20-15(9-10-18(2,3)4)16-12-13-7-6-8-14(19)17(13)21-16/h6-8,12,15,20H,5,9-11H2,1-4H3. The van der Waals surface area contributed by atoms with Crippen LogP contribution in [0.15, 0.2) is 33.2 Å².